The van der Waals surface area contributed by atoms with Crippen molar-refractivity contribution in [1.82, 2.24) is 0 Å². The van der Waals surface area contributed by atoms with Crippen LogP contribution in [0.1, 0.15) is 22.3 Å². The minimum absolute atomic E-state index is 0.110. The fraction of sp³-hybridized carbons (Fsp3) is 0.172. The molecule has 3 aliphatic rings. The molecular formula is C29H22O4. The zero-order valence-electron chi connectivity index (χ0n) is 17.9. The summed E-state index contributed by atoms with van der Waals surface area (Å²) in [5.41, 5.74) is 7.06. The third-order valence-corrected chi connectivity index (χ3v) is 6.67. The molecule has 0 amide bonds. The Morgan fingerprint density at radius 2 is 0.939 bits per heavy atom. The zero-order chi connectivity index (χ0) is 21.8. The van der Waals surface area contributed by atoms with Crippen molar-refractivity contribution in [3.8, 4) is 22.6 Å². The summed E-state index contributed by atoms with van der Waals surface area (Å²) in [5, 5.41) is 0. The Labute approximate surface area is 192 Å². The smallest absolute Gasteiger partial charge is 0.223 e. The predicted molar refractivity (Wildman–Crippen MR) is 124 cm³/mol. The minimum Gasteiger partial charge on any atom is -0.462 e. The van der Waals surface area contributed by atoms with Gasteiger partial charge in [-0.25, -0.2) is 0 Å². The van der Waals surface area contributed by atoms with Gasteiger partial charge in [0.05, 0.1) is 5.41 Å². The van der Waals surface area contributed by atoms with Gasteiger partial charge in [-0.15, -0.1) is 0 Å². The van der Waals surface area contributed by atoms with Gasteiger partial charge in [0.25, 0.3) is 0 Å². The molecule has 2 atom stereocenters. The Hall–Kier alpha value is -3.60. The van der Waals surface area contributed by atoms with Gasteiger partial charge in [0, 0.05) is 0 Å². The first kappa shape index (κ1) is 18.9. The van der Waals surface area contributed by atoms with Crippen molar-refractivity contribution in [3.05, 3.63) is 119 Å². The SMILES string of the molecule is c1ccc2c(c1)-c1ccccc1C2(c1ccc(OC2CO2)cc1)c1ccc(OC2CO2)cc1. The molecule has 4 heteroatoms. The summed E-state index contributed by atoms with van der Waals surface area (Å²) < 4.78 is 22.1. The first-order valence-corrected chi connectivity index (χ1v) is 11.3. The topological polar surface area (TPSA) is 43.5 Å². The Morgan fingerprint density at radius 3 is 1.33 bits per heavy atom. The van der Waals surface area contributed by atoms with E-state index >= 15 is 0 Å². The summed E-state index contributed by atoms with van der Waals surface area (Å²) in [4.78, 5) is 0. The highest BCUT2D eigenvalue weighted by Crippen LogP contribution is 2.56. The molecule has 2 heterocycles. The van der Waals surface area contributed by atoms with Gasteiger partial charge in [-0.1, -0.05) is 72.8 Å². The van der Waals surface area contributed by atoms with E-state index in [-0.39, 0.29) is 12.6 Å². The molecule has 33 heavy (non-hydrogen) atoms. The summed E-state index contributed by atoms with van der Waals surface area (Å²) in [6.07, 6.45) is -0.221. The second kappa shape index (κ2) is 7.20. The molecule has 0 spiro atoms. The van der Waals surface area contributed by atoms with Crippen LogP contribution in [0.25, 0.3) is 11.1 Å². The van der Waals surface area contributed by atoms with Crippen molar-refractivity contribution in [2.24, 2.45) is 0 Å². The number of epoxide rings is 2. The van der Waals surface area contributed by atoms with E-state index in [4.69, 9.17) is 18.9 Å². The molecule has 162 valence electrons. The van der Waals surface area contributed by atoms with E-state index in [0.717, 1.165) is 11.5 Å². The number of hydrogen-bond donors (Lipinski definition) is 0. The third kappa shape index (κ3) is 3.06. The van der Waals surface area contributed by atoms with Crippen molar-refractivity contribution in [2.45, 2.75) is 18.0 Å². The molecule has 0 aromatic heterocycles. The maximum Gasteiger partial charge on any atom is 0.223 e. The molecule has 1 aliphatic carbocycles. The summed E-state index contributed by atoms with van der Waals surface area (Å²) in [6, 6.07) is 34.3. The highest BCUT2D eigenvalue weighted by molar-refractivity contribution is 5.86. The van der Waals surface area contributed by atoms with Crippen LogP contribution in [-0.2, 0) is 14.9 Å². The van der Waals surface area contributed by atoms with E-state index in [1.165, 1.54) is 33.4 Å². The number of fused-ring (bicyclic) bond motifs is 3. The van der Waals surface area contributed by atoms with Crippen molar-refractivity contribution >= 4 is 0 Å². The second-order valence-electron chi connectivity index (χ2n) is 8.65. The van der Waals surface area contributed by atoms with Gasteiger partial charge in [-0.3, -0.25) is 0 Å². The second-order valence-corrected chi connectivity index (χ2v) is 8.65. The normalized spacial score (nSPS) is 21.1. The number of rotatable bonds is 6. The number of hydrogen-bond acceptors (Lipinski definition) is 4. The first-order chi connectivity index (χ1) is 16.3. The lowest BCUT2D eigenvalue weighted by atomic mass is 9.68. The number of benzene rings is 4. The molecule has 0 N–H and O–H groups in total. The van der Waals surface area contributed by atoms with Crippen LogP contribution in [0, 0.1) is 0 Å². The molecule has 7 rings (SSSR count). The van der Waals surface area contributed by atoms with E-state index < -0.39 is 5.41 Å². The summed E-state index contributed by atoms with van der Waals surface area (Å²) in [7, 11) is 0. The quantitative estimate of drug-likeness (QED) is 0.330. The Bertz CT molecular complexity index is 1210. The average Bonchev–Trinajstić information content (AvgIpc) is 3.80. The zero-order valence-corrected chi connectivity index (χ0v) is 17.9. The standard InChI is InChI=1S/C29H22O4/c1-3-7-25-23(5-1)24-6-2-4-8-26(24)29(25,19-9-13-21(14-10-19)32-27-17-30-27)20-11-15-22(16-12-20)33-28-18-31-28/h1-16,27-28H,17-18H2. The van der Waals surface area contributed by atoms with Crippen LogP contribution in [0.2, 0.25) is 0 Å². The Kier molecular flexibility index (Phi) is 4.13. The van der Waals surface area contributed by atoms with Crippen LogP contribution in [0.4, 0.5) is 0 Å². The molecule has 0 radical (unpaired) electrons. The molecule has 4 aromatic rings. The van der Waals surface area contributed by atoms with Gasteiger partial charge in [0.1, 0.15) is 24.7 Å². The van der Waals surface area contributed by atoms with Crippen LogP contribution >= 0.6 is 0 Å². The highest BCUT2D eigenvalue weighted by Gasteiger charge is 2.46. The molecule has 0 bridgehead atoms. The van der Waals surface area contributed by atoms with Gasteiger partial charge in [-0.05, 0) is 57.6 Å². The molecule has 2 fully saturated rings. The molecule has 2 saturated heterocycles. The lowest BCUT2D eigenvalue weighted by molar-refractivity contribution is 0.179. The van der Waals surface area contributed by atoms with Gasteiger partial charge in [0.2, 0.25) is 12.6 Å². The lowest BCUT2D eigenvalue weighted by Gasteiger charge is -2.34. The molecule has 2 aliphatic heterocycles. The first-order valence-electron chi connectivity index (χ1n) is 11.3. The van der Waals surface area contributed by atoms with E-state index in [0.29, 0.717) is 13.2 Å². The average molecular weight is 434 g/mol. The maximum absolute atomic E-state index is 5.83. The van der Waals surface area contributed by atoms with Crippen LogP contribution in [0.5, 0.6) is 11.5 Å². The number of ether oxygens (including phenoxy) is 4. The Morgan fingerprint density at radius 1 is 0.545 bits per heavy atom. The van der Waals surface area contributed by atoms with Crippen molar-refractivity contribution in [2.75, 3.05) is 13.2 Å². The Balaban J connectivity index is 1.43. The fourth-order valence-electron chi connectivity index (χ4n) is 5.11. The molecule has 4 aromatic carbocycles. The van der Waals surface area contributed by atoms with Gasteiger partial charge < -0.3 is 18.9 Å². The monoisotopic (exact) mass is 434 g/mol. The lowest BCUT2D eigenvalue weighted by Crippen LogP contribution is -2.28. The van der Waals surface area contributed by atoms with Gasteiger partial charge >= 0.3 is 0 Å². The molecule has 2 unspecified atom stereocenters. The van der Waals surface area contributed by atoms with E-state index in [9.17, 15) is 0 Å². The summed E-state index contributed by atoms with van der Waals surface area (Å²) >= 11 is 0. The van der Waals surface area contributed by atoms with Gasteiger partial charge in [-0.2, -0.15) is 0 Å². The van der Waals surface area contributed by atoms with E-state index in [1.54, 1.807) is 0 Å². The van der Waals surface area contributed by atoms with Crippen molar-refractivity contribution in [1.29, 1.82) is 0 Å². The van der Waals surface area contributed by atoms with Crippen LogP contribution < -0.4 is 9.47 Å². The summed E-state index contributed by atoms with van der Waals surface area (Å²) in [5.74, 6) is 1.65. The van der Waals surface area contributed by atoms with E-state index in [2.05, 4.69) is 72.8 Å². The highest BCUT2D eigenvalue weighted by atomic mass is 16.8. The summed E-state index contributed by atoms with van der Waals surface area (Å²) in [6.45, 7) is 1.32. The van der Waals surface area contributed by atoms with Crippen LogP contribution in [-0.4, -0.2) is 25.8 Å². The van der Waals surface area contributed by atoms with Crippen molar-refractivity contribution < 1.29 is 18.9 Å². The molecular weight excluding hydrogens is 412 g/mol. The van der Waals surface area contributed by atoms with E-state index in [1.807, 2.05) is 24.3 Å². The minimum atomic E-state index is -0.434. The molecule has 0 saturated carbocycles. The van der Waals surface area contributed by atoms with Gasteiger partial charge in [0.15, 0.2) is 0 Å². The predicted octanol–water partition coefficient (Wildman–Crippen LogP) is 5.52. The molecule has 4 nitrogen and oxygen atoms in total. The largest absolute Gasteiger partial charge is 0.462 e. The van der Waals surface area contributed by atoms with Crippen molar-refractivity contribution in [3.63, 3.8) is 0 Å². The van der Waals surface area contributed by atoms with Crippen LogP contribution in [0.15, 0.2) is 97.1 Å². The third-order valence-electron chi connectivity index (χ3n) is 6.67. The fourth-order valence-corrected chi connectivity index (χ4v) is 5.11. The maximum atomic E-state index is 5.83. The van der Waals surface area contributed by atoms with Crippen LogP contribution in [0.3, 0.4) is 0 Å².